The van der Waals surface area contributed by atoms with Crippen LogP contribution in [-0.2, 0) is 10.3 Å². The molecular formula is C19H22N2OS. The highest BCUT2D eigenvalue weighted by Gasteiger charge is 2.38. The molecule has 120 valence electrons. The number of hydrogen-bond acceptors (Lipinski definition) is 3. The lowest BCUT2D eigenvalue weighted by molar-refractivity contribution is -0.118. The largest absolute Gasteiger partial charge is 0.341 e. The third kappa shape index (κ3) is 3.53. The summed E-state index contributed by atoms with van der Waals surface area (Å²) in [5, 5.41) is 6.23. The summed E-state index contributed by atoms with van der Waals surface area (Å²) in [4.78, 5) is 16.9. The van der Waals surface area contributed by atoms with E-state index in [0.717, 1.165) is 36.3 Å². The summed E-state index contributed by atoms with van der Waals surface area (Å²) in [5.74, 6) is -0.0397. The molecule has 1 amide bonds. The van der Waals surface area contributed by atoms with E-state index in [2.05, 4.69) is 42.3 Å². The van der Waals surface area contributed by atoms with Crippen LogP contribution in [-0.4, -0.2) is 10.9 Å². The van der Waals surface area contributed by atoms with Crippen molar-refractivity contribution in [2.75, 3.05) is 0 Å². The average molecular weight is 326 g/mol. The van der Waals surface area contributed by atoms with E-state index in [1.54, 1.807) is 17.4 Å². The number of carbonyl (C=O) groups is 1. The summed E-state index contributed by atoms with van der Waals surface area (Å²) in [5.41, 5.74) is 3.24. The molecule has 0 bridgehead atoms. The number of hydrogen-bond donors (Lipinski definition) is 1. The van der Waals surface area contributed by atoms with E-state index in [1.165, 1.54) is 11.1 Å². The molecule has 2 aromatic rings. The number of aromatic nitrogens is 1. The number of nitrogens with zero attached hydrogens (tertiary/aromatic N) is 1. The first kappa shape index (κ1) is 15.9. The summed E-state index contributed by atoms with van der Waals surface area (Å²) >= 11 is 1.63. The fourth-order valence-corrected chi connectivity index (χ4v) is 4.14. The van der Waals surface area contributed by atoms with Crippen LogP contribution in [0.4, 0.5) is 0 Å². The predicted molar refractivity (Wildman–Crippen MR) is 95.4 cm³/mol. The zero-order chi connectivity index (χ0) is 16.3. The van der Waals surface area contributed by atoms with Gasteiger partial charge in [-0.05, 0) is 43.9 Å². The van der Waals surface area contributed by atoms with Crippen LogP contribution in [0.1, 0.15) is 47.4 Å². The van der Waals surface area contributed by atoms with Crippen molar-refractivity contribution < 1.29 is 4.79 Å². The van der Waals surface area contributed by atoms with Crippen molar-refractivity contribution in [3.63, 3.8) is 0 Å². The van der Waals surface area contributed by atoms with E-state index in [-0.39, 0.29) is 11.4 Å². The first-order valence-corrected chi connectivity index (χ1v) is 8.94. The smallest absolute Gasteiger partial charge is 0.244 e. The average Bonchev–Trinajstić information content (AvgIpc) is 3.18. The first-order chi connectivity index (χ1) is 11.1. The van der Waals surface area contributed by atoms with Crippen molar-refractivity contribution in [2.24, 2.45) is 0 Å². The summed E-state index contributed by atoms with van der Waals surface area (Å²) in [7, 11) is 0. The zero-order valence-electron chi connectivity index (χ0n) is 13.6. The zero-order valence-corrected chi connectivity index (χ0v) is 14.5. The van der Waals surface area contributed by atoms with Crippen LogP contribution in [0.3, 0.4) is 0 Å². The first-order valence-electron chi connectivity index (χ1n) is 8.06. The molecule has 0 atom stereocenters. The third-order valence-corrected chi connectivity index (χ3v) is 5.48. The maximum Gasteiger partial charge on any atom is 0.244 e. The highest BCUT2D eigenvalue weighted by Crippen LogP contribution is 2.39. The second-order valence-electron chi connectivity index (χ2n) is 6.31. The molecule has 1 saturated carbocycles. The van der Waals surface area contributed by atoms with Crippen molar-refractivity contribution in [3.8, 4) is 0 Å². The molecule has 0 saturated heterocycles. The van der Waals surface area contributed by atoms with Crippen molar-refractivity contribution in [1.29, 1.82) is 0 Å². The van der Waals surface area contributed by atoms with Gasteiger partial charge in [0.15, 0.2) is 0 Å². The van der Waals surface area contributed by atoms with Gasteiger partial charge in [-0.25, -0.2) is 4.98 Å². The summed E-state index contributed by atoms with van der Waals surface area (Å²) in [6, 6.07) is 6.25. The van der Waals surface area contributed by atoms with Crippen LogP contribution in [0.2, 0.25) is 0 Å². The van der Waals surface area contributed by atoms with E-state index < -0.39 is 0 Å². The number of nitrogens with one attached hydrogen (secondary N) is 1. The maximum absolute atomic E-state index is 12.4. The number of carbonyl (C=O) groups excluding carboxylic acids is 1. The van der Waals surface area contributed by atoms with Crippen molar-refractivity contribution in [3.05, 3.63) is 57.6 Å². The second-order valence-corrected chi connectivity index (χ2v) is 7.20. The van der Waals surface area contributed by atoms with Gasteiger partial charge in [0, 0.05) is 17.7 Å². The van der Waals surface area contributed by atoms with E-state index in [9.17, 15) is 4.79 Å². The molecule has 4 heteroatoms. The highest BCUT2D eigenvalue weighted by atomic mass is 32.1. The van der Waals surface area contributed by atoms with Gasteiger partial charge < -0.3 is 5.32 Å². The molecule has 0 radical (unpaired) electrons. The Morgan fingerprint density at radius 2 is 2.09 bits per heavy atom. The number of rotatable bonds is 4. The molecule has 1 aliphatic rings. The fraction of sp³-hybridized carbons (Fsp3) is 0.368. The molecule has 1 heterocycles. The Kier molecular flexibility index (Phi) is 4.62. The number of benzene rings is 1. The Balaban J connectivity index is 1.74. The Labute approximate surface area is 141 Å². The minimum absolute atomic E-state index is 0.0397. The Bertz CT molecular complexity index is 713. The Morgan fingerprint density at radius 1 is 1.30 bits per heavy atom. The Hall–Kier alpha value is -1.94. The highest BCUT2D eigenvalue weighted by molar-refractivity contribution is 7.09. The molecule has 1 aromatic carbocycles. The second kappa shape index (κ2) is 6.67. The normalized spacial score (nSPS) is 16.8. The topological polar surface area (TPSA) is 42.0 Å². The van der Waals surface area contributed by atoms with Gasteiger partial charge in [-0.1, -0.05) is 36.6 Å². The molecule has 3 rings (SSSR count). The van der Waals surface area contributed by atoms with E-state index in [0.29, 0.717) is 0 Å². The molecule has 0 aliphatic heterocycles. The van der Waals surface area contributed by atoms with E-state index >= 15 is 0 Å². The van der Waals surface area contributed by atoms with Gasteiger partial charge in [-0.3, -0.25) is 4.79 Å². The maximum atomic E-state index is 12.4. The van der Waals surface area contributed by atoms with Crippen LogP contribution in [0.5, 0.6) is 0 Å². The SMILES string of the molecule is Cc1ccc(/C=C/C(=O)NC2(c3nccs3)CCCC2)c(C)c1. The number of amides is 1. The standard InChI is InChI=1S/C19H22N2OS/c1-14-5-6-16(15(2)13-14)7-8-17(22)21-19(9-3-4-10-19)18-20-11-12-23-18/h5-8,11-13H,3-4,9-10H2,1-2H3,(H,21,22)/b8-7+. The molecular weight excluding hydrogens is 304 g/mol. The Morgan fingerprint density at radius 3 is 2.74 bits per heavy atom. The van der Waals surface area contributed by atoms with Gasteiger partial charge in [0.25, 0.3) is 0 Å². The van der Waals surface area contributed by atoms with Crippen molar-refractivity contribution in [1.82, 2.24) is 10.3 Å². The predicted octanol–water partition coefficient (Wildman–Crippen LogP) is 4.36. The van der Waals surface area contributed by atoms with Crippen LogP contribution >= 0.6 is 11.3 Å². The van der Waals surface area contributed by atoms with Crippen LogP contribution < -0.4 is 5.32 Å². The van der Waals surface area contributed by atoms with Gasteiger partial charge >= 0.3 is 0 Å². The molecule has 0 spiro atoms. The minimum atomic E-state index is -0.266. The summed E-state index contributed by atoms with van der Waals surface area (Å²) < 4.78 is 0. The van der Waals surface area contributed by atoms with Gasteiger partial charge in [-0.2, -0.15) is 0 Å². The molecule has 0 unspecified atom stereocenters. The molecule has 1 fully saturated rings. The van der Waals surface area contributed by atoms with Crippen molar-refractivity contribution >= 4 is 23.3 Å². The van der Waals surface area contributed by atoms with Gasteiger partial charge in [0.05, 0.1) is 5.54 Å². The van der Waals surface area contributed by atoms with Gasteiger partial charge in [0.1, 0.15) is 5.01 Å². The lowest BCUT2D eigenvalue weighted by Gasteiger charge is -2.27. The minimum Gasteiger partial charge on any atom is -0.341 e. The third-order valence-electron chi connectivity index (χ3n) is 4.50. The molecule has 1 aromatic heterocycles. The lowest BCUT2D eigenvalue weighted by Crippen LogP contribution is -2.43. The van der Waals surface area contributed by atoms with Gasteiger partial charge in [0.2, 0.25) is 5.91 Å². The lowest BCUT2D eigenvalue weighted by atomic mass is 9.98. The fourth-order valence-electron chi connectivity index (χ4n) is 3.29. The van der Waals surface area contributed by atoms with E-state index in [1.807, 2.05) is 17.7 Å². The summed E-state index contributed by atoms with van der Waals surface area (Å²) in [6.45, 7) is 4.14. The molecule has 3 nitrogen and oxygen atoms in total. The number of aryl methyl sites for hydroxylation is 2. The molecule has 23 heavy (non-hydrogen) atoms. The van der Waals surface area contributed by atoms with Crippen LogP contribution in [0, 0.1) is 13.8 Å². The monoisotopic (exact) mass is 326 g/mol. The molecule has 1 N–H and O–H groups in total. The quantitative estimate of drug-likeness (QED) is 0.848. The van der Waals surface area contributed by atoms with Crippen molar-refractivity contribution in [2.45, 2.75) is 45.1 Å². The van der Waals surface area contributed by atoms with Crippen LogP contribution in [0.25, 0.3) is 6.08 Å². The number of thiazole rings is 1. The molecule has 1 aliphatic carbocycles. The van der Waals surface area contributed by atoms with Crippen LogP contribution in [0.15, 0.2) is 35.9 Å². The van der Waals surface area contributed by atoms with E-state index in [4.69, 9.17) is 0 Å². The summed E-state index contributed by atoms with van der Waals surface area (Å²) in [6.07, 6.45) is 9.59. The van der Waals surface area contributed by atoms with Gasteiger partial charge in [-0.15, -0.1) is 11.3 Å².